The Hall–Kier alpha value is -0.770. The van der Waals surface area contributed by atoms with Crippen molar-refractivity contribution in [2.45, 2.75) is 44.0 Å². The van der Waals surface area contributed by atoms with E-state index in [4.69, 9.17) is 4.42 Å². The SMILES string of the molecule is CC1CC1c1ccc(CN(C)C(=O)C(C)(C)Br)o1. The predicted molar refractivity (Wildman–Crippen MR) is 74.7 cm³/mol. The fourth-order valence-electron chi connectivity index (χ4n) is 2.16. The van der Waals surface area contributed by atoms with Crippen molar-refractivity contribution in [3.8, 4) is 0 Å². The van der Waals surface area contributed by atoms with Crippen molar-refractivity contribution >= 4 is 21.8 Å². The molecule has 0 aromatic carbocycles. The topological polar surface area (TPSA) is 33.5 Å². The van der Waals surface area contributed by atoms with Crippen LogP contribution in [0.3, 0.4) is 0 Å². The van der Waals surface area contributed by atoms with Crippen LogP contribution in [0.2, 0.25) is 0 Å². The van der Waals surface area contributed by atoms with Gasteiger partial charge < -0.3 is 9.32 Å². The lowest BCUT2D eigenvalue weighted by molar-refractivity contribution is -0.132. The van der Waals surface area contributed by atoms with E-state index in [1.165, 1.54) is 6.42 Å². The third kappa shape index (κ3) is 2.97. The highest BCUT2D eigenvalue weighted by atomic mass is 79.9. The Morgan fingerprint density at radius 3 is 2.67 bits per heavy atom. The maximum absolute atomic E-state index is 12.0. The second-order valence-corrected chi connectivity index (χ2v) is 7.74. The molecule has 18 heavy (non-hydrogen) atoms. The minimum absolute atomic E-state index is 0.0558. The van der Waals surface area contributed by atoms with Crippen molar-refractivity contribution in [3.63, 3.8) is 0 Å². The van der Waals surface area contributed by atoms with E-state index in [1.807, 2.05) is 26.0 Å². The molecule has 0 N–H and O–H groups in total. The number of hydrogen-bond acceptors (Lipinski definition) is 2. The average Bonchev–Trinajstić information content (AvgIpc) is 2.81. The van der Waals surface area contributed by atoms with Crippen molar-refractivity contribution in [3.05, 3.63) is 23.7 Å². The fourth-order valence-corrected chi connectivity index (χ4v) is 2.46. The molecule has 4 heteroatoms. The van der Waals surface area contributed by atoms with Crippen LogP contribution in [-0.4, -0.2) is 22.2 Å². The molecule has 2 unspecified atom stereocenters. The summed E-state index contributed by atoms with van der Waals surface area (Å²) < 4.78 is 5.28. The molecule has 1 amide bonds. The van der Waals surface area contributed by atoms with E-state index in [2.05, 4.69) is 22.9 Å². The van der Waals surface area contributed by atoms with Gasteiger partial charge in [0.1, 0.15) is 11.5 Å². The van der Waals surface area contributed by atoms with Crippen LogP contribution in [0.4, 0.5) is 0 Å². The first-order valence-corrected chi connectivity index (χ1v) is 7.11. The van der Waals surface area contributed by atoms with Crippen LogP contribution in [0.25, 0.3) is 0 Å². The molecule has 1 aromatic rings. The lowest BCUT2D eigenvalue weighted by atomic mass is 10.2. The molecule has 0 radical (unpaired) electrons. The van der Waals surface area contributed by atoms with Gasteiger partial charge in [-0.1, -0.05) is 22.9 Å². The molecule has 1 heterocycles. The molecule has 0 spiro atoms. The average molecular weight is 314 g/mol. The maximum atomic E-state index is 12.0. The monoisotopic (exact) mass is 313 g/mol. The second-order valence-electron chi connectivity index (χ2n) is 5.76. The normalized spacial score (nSPS) is 22.9. The van der Waals surface area contributed by atoms with Crippen molar-refractivity contribution < 1.29 is 9.21 Å². The smallest absolute Gasteiger partial charge is 0.239 e. The molecule has 1 aliphatic carbocycles. The van der Waals surface area contributed by atoms with E-state index < -0.39 is 4.32 Å². The van der Waals surface area contributed by atoms with Crippen molar-refractivity contribution in [2.75, 3.05) is 7.05 Å². The standard InChI is InChI=1S/C14H20BrNO2/c1-9-7-11(9)12-6-5-10(18-12)8-16(4)13(17)14(2,3)15/h5-6,9,11H,7-8H2,1-4H3. The summed E-state index contributed by atoms with van der Waals surface area (Å²) in [5.41, 5.74) is 0. The number of carbonyl (C=O) groups excluding carboxylic acids is 1. The molecule has 100 valence electrons. The fraction of sp³-hybridized carbons (Fsp3) is 0.643. The first-order chi connectivity index (χ1) is 8.29. The molecule has 1 aliphatic rings. The Bertz CT molecular complexity index is 447. The number of rotatable bonds is 4. The molecule has 1 fully saturated rings. The zero-order chi connectivity index (χ0) is 13.5. The predicted octanol–water partition coefficient (Wildman–Crippen LogP) is 3.53. The lowest BCUT2D eigenvalue weighted by Crippen LogP contribution is -2.38. The largest absolute Gasteiger partial charge is 0.464 e. The van der Waals surface area contributed by atoms with Crippen molar-refractivity contribution in [1.82, 2.24) is 4.90 Å². The number of hydrogen-bond donors (Lipinski definition) is 0. The van der Waals surface area contributed by atoms with Gasteiger partial charge in [-0.2, -0.15) is 0 Å². The van der Waals surface area contributed by atoms with Crippen LogP contribution in [0.5, 0.6) is 0 Å². The maximum Gasteiger partial charge on any atom is 0.239 e. The van der Waals surface area contributed by atoms with Gasteiger partial charge in [-0.15, -0.1) is 0 Å². The summed E-state index contributed by atoms with van der Waals surface area (Å²) in [5, 5.41) is 0. The van der Waals surface area contributed by atoms with E-state index in [-0.39, 0.29) is 5.91 Å². The van der Waals surface area contributed by atoms with Gasteiger partial charge in [0, 0.05) is 13.0 Å². The number of furan rings is 1. The summed E-state index contributed by atoms with van der Waals surface area (Å²) >= 11 is 3.38. The summed E-state index contributed by atoms with van der Waals surface area (Å²) in [6.07, 6.45) is 1.22. The lowest BCUT2D eigenvalue weighted by Gasteiger charge is -2.23. The van der Waals surface area contributed by atoms with Gasteiger partial charge in [-0.3, -0.25) is 4.79 Å². The van der Waals surface area contributed by atoms with Crippen molar-refractivity contribution in [1.29, 1.82) is 0 Å². The van der Waals surface area contributed by atoms with E-state index >= 15 is 0 Å². The number of nitrogens with zero attached hydrogens (tertiary/aromatic N) is 1. The Balaban J connectivity index is 1.97. The van der Waals surface area contributed by atoms with Gasteiger partial charge in [-0.25, -0.2) is 0 Å². The van der Waals surface area contributed by atoms with Gasteiger partial charge in [0.25, 0.3) is 0 Å². The molecule has 2 atom stereocenters. The summed E-state index contributed by atoms with van der Waals surface area (Å²) in [7, 11) is 1.80. The van der Waals surface area contributed by atoms with E-state index in [9.17, 15) is 4.79 Å². The van der Waals surface area contributed by atoms with Crippen LogP contribution in [0.1, 0.15) is 44.6 Å². The Morgan fingerprint density at radius 1 is 1.56 bits per heavy atom. The van der Waals surface area contributed by atoms with Crippen LogP contribution in [0, 0.1) is 5.92 Å². The summed E-state index contributed by atoms with van der Waals surface area (Å²) in [6.45, 7) is 6.46. The molecule has 3 nitrogen and oxygen atoms in total. The third-order valence-corrected chi connectivity index (χ3v) is 3.74. The van der Waals surface area contributed by atoms with Crippen LogP contribution >= 0.6 is 15.9 Å². The zero-order valence-electron chi connectivity index (χ0n) is 11.4. The van der Waals surface area contributed by atoms with E-state index in [0.29, 0.717) is 12.5 Å². The molecule has 0 saturated heterocycles. The zero-order valence-corrected chi connectivity index (χ0v) is 13.0. The van der Waals surface area contributed by atoms with Crippen LogP contribution in [0.15, 0.2) is 16.5 Å². The van der Waals surface area contributed by atoms with Gasteiger partial charge in [0.15, 0.2) is 0 Å². The molecular weight excluding hydrogens is 294 g/mol. The summed E-state index contributed by atoms with van der Waals surface area (Å²) in [5.74, 6) is 3.31. The number of halogens is 1. The Kier molecular flexibility index (Phi) is 3.58. The molecule has 0 aliphatic heterocycles. The Labute approximate surface area is 117 Å². The number of amides is 1. The molecular formula is C14H20BrNO2. The molecule has 1 aromatic heterocycles. The van der Waals surface area contributed by atoms with Gasteiger partial charge in [0.05, 0.1) is 10.9 Å². The van der Waals surface area contributed by atoms with E-state index in [0.717, 1.165) is 17.4 Å². The van der Waals surface area contributed by atoms with Crippen LogP contribution < -0.4 is 0 Å². The molecule has 1 saturated carbocycles. The quantitative estimate of drug-likeness (QED) is 0.797. The van der Waals surface area contributed by atoms with E-state index in [1.54, 1.807) is 11.9 Å². The minimum Gasteiger partial charge on any atom is -0.464 e. The highest BCUT2D eigenvalue weighted by Gasteiger charge is 2.36. The number of alkyl halides is 1. The van der Waals surface area contributed by atoms with Gasteiger partial charge >= 0.3 is 0 Å². The summed E-state index contributed by atoms with van der Waals surface area (Å²) in [6, 6.07) is 4.02. The van der Waals surface area contributed by atoms with Gasteiger partial charge in [0.2, 0.25) is 5.91 Å². The first kappa shape index (κ1) is 13.7. The van der Waals surface area contributed by atoms with Crippen molar-refractivity contribution in [2.24, 2.45) is 5.92 Å². The molecule has 2 rings (SSSR count). The summed E-state index contributed by atoms with van der Waals surface area (Å²) in [4.78, 5) is 13.7. The molecule has 0 bridgehead atoms. The second kappa shape index (κ2) is 4.72. The highest BCUT2D eigenvalue weighted by Crippen LogP contribution is 2.47. The Morgan fingerprint density at radius 2 is 2.17 bits per heavy atom. The number of carbonyl (C=O) groups is 1. The van der Waals surface area contributed by atoms with Gasteiger partial charge in [-0.05, 0) is 38.3 Å². The minimum atomic E-state index is -0.526. The highest BCUT2D eigenvalue weighted by molar-refractivity contribution is 9.10. The first-order valence-electron chi connectivity index (χ1n) is 6.32. The van der Waals surface area contributed by atoms with Crippen LogP contribution in [-0.2, 0) is 11.3 Å². The third-order valence-electron chi connectivity index (χ3n) is 3.41.